The molecule has 1 aliphatic heterocycles. The maximum absolute atomic E-state index is 12.8. The molecule has 0 aromatic heterocycles. The van der Waals surface area contributed by atoms with E-state index in [-0.39, 0.29) is 11.8 Å². The highest BCUT2D eigenvalue weighted by Gasteiger charge is 2.23. The minimum atomic E-state index is 0.0606. The van der Waals surface area contributed by atoms with Crippen LogP contribution in [0.25, 0.3) is 0 Å². The molecular weight excluding hydrogens is 324 g/mol. The molecule has 0 N–H and O–H groups in total. The van der Waals surface area contributed by atoms with Gasteiger partial charge < -0.3 is 9.80 Å². The molecule has 1 heterocycles. The Morgan fingerprint density at radius 1 is 0.846 bits per heavy atom. The summed E-state index contributed by atoms with van der Waals surface area (Å²) in [7, 11) is 0. The van der Waals surface area contributed by atoms with E-state index in [4.69, 9.17) is 0 Å². The lowest BCUT2D eigenvalue weighted by molar-refractivity contribution is -0.130. The third kappa shape index (κ3) is 4.31. The maximum Gasteiger partial charge on any atom is 0.253 e. The van der Waals surface area contributed by atoms with Gasteiger partial charge in [0.2, 0.25) is 5.91 Å². The standard InChI is InChI=1S/C22H26N2O2/c1-17-9-10-20(15-18(17)2)22(26)24-12-6-11-23(13-14-24)21(25)16-19-7-4-3-5-8-19/h3-5,7-10,15H,6,11-14,16H2,1-2H3. The molecule has 0 aliphatic carbocycles. The number of benzene rings is 2. The number of carbonyl (C=O) groups excluding carboxylic acids is 2. The Kier molecular flexibility index (Phi) is 5.71. The summed E-state index contributed by atoms with van der Waals surface area (Å²) < 4.78 is 0. The largest absolute Gasteiger partial charge is 0.341 e. The lowest BCUT2D eigenvalue weighted by Gasteiger charge is -2.22. The Hall–Kier alpha value is -2.62. The predicted molar refractivity (Wildman–Crippen MR) is 103 cm³/mol. The Morgan fingerprint density at radius 2 is 1.54 bits per heavy atom. The zero-order valence-corrected chi connectivity index (χ0v) is 15.6. The van der Waals surface area contributed by atoms with Gasteiger partial charge in [-0.3, -0.25) is 9.59 Å². The fraction of sp³-hybridized carbons (Fsp3) is 0.364. The van der Waals surface area contributed by atoms with Crippen LogP contribution in [0.2, 0.25) is 0 Å². The third-order valence-electron chi connectivity index (χ3n) is 5.09. The molecule has 0 atom stereocenters. The molecule has 4 nitrogen and oxygen atoms in total. The van der Waals surface area contributed by atoms with Crippen molar-refractivity contribution < 1.29 is 9.59 Å². The van der Waals surface area contributed by atoms with E-state index in [0.29, 0.717) is 32.6 Å². The second kappa shape index (κ2) is 8.17. The van der Waals surface area contributed by atoms with Crippen molar-refractivity contribution in [3.8, 4) is 0 Å². The van der Waals surface area contributed by atoms with Gasteiger partial charge in [0, 0.05) is 31.7 Å². The highest BCUT2D eigenvalue weighted by molar-refractivity contribution is 5.94. The van der Waals surface area contributed by atoms with Crippen molar-refractivity contribution in [3.05, 3.63) is 70.8 Å². The lowest BCUT2D eigenvalue weighted by Crippen LogP contribution is -2.38. The van der Waals surface area contributed by atoms with Crippen molar-refractivity contribution in [2.24, 2.45) is 0 Å². The van der Waals surface area contributed by atoms with Crippen molar-refractivity contribution in [1.29, 1.82) is 0 Å². The van der Waals surface area contributed by atoms with Crippen LogP contribution in [0, 0.1) is 13.8 Å². The van der Waals surface area contributed by atoms with E-state index in [0.717, 1.165) is 23.1 Å². The van der Waals surface area contributed by atoms with E-state index in [9.17, 15) is 9.59 Å². The molecule has 1 fully saturated rings. The van der Waals surface area contributed by atoms with Gasteiger partial charge in [0.25, 0.3) is 5.91 Å². The molecule has 1 saturated heterocycles. The molecule has 0 saturated carbocycles. The van der Waals surface area contributed by atoms with Crippen LogP contribution < -0.4 is 0 Å². The van der Waals surface area contributed by atoms with Crippen LogP contribution >= 0.6 is 0 Å². The Labute approximate surface area is 155 Å². The van der Waals surface area contributed by atoms with Crippen LogP contribution in [0.4, 0.5) is 0 Å². The summed E-state index contributed by atoms with van der Waals surface area (Å²) in [6.07, 6.45) is 1.24. The first kappa shape index (κ1) is 18.2. The highest BCUT2D eigenvalue weighted by Crippen LogP contribution is 2.14. The molecule has 2 aromatic rings. The highest BCUT2D eigenvalue weighted by atomic mass is 16.2. The zero-order chi connectivity index (χ0) is 18.5. The van der Waals surface area contributed by atoms with Gasteiger partial charge in [-0.25, -0.2) is 0 Å². The molecule has 0 unspecified atom stereocenters. The fourth-order valence-electron chi connectivity index (χ4n) is 3.31. The van der Waals surface area contributed by atoms with Crippen molar-refractivity contribution >= 4 is 11.8 Å². The van der Waals surface area contributed by atoms with Gasteiger partial charge in [-0.1, -0.05) is 36.4 Å². The molecule has 2 aromatic carbocycles. The summed E-state index contributed by atoms with van der Waals surface area (Å²) in [5.74, 6) is 0.196. The van der Waals surface area contributed by atoms with Crippen LogP contribution in [0.5, 0.6) is 0 Å². The fourth-order valence-corrected chi connectivity index (χ4v) is 3.31. The SMILES string of the molecule is Cc1ccc(C(=O)N2CCCN(C(=O)Cc3ccccc3)CC2)cc1C. The van der Waals surface area contributed by atoms with Gasteiger partial charge in [0.15, 0.2) is 0 Å². The monoisotopic (exact) mass is 350 g/mol. The van der Waals surface area contributed by atoms with E-state index in [1.54, 1.807) is 0 Å². The smallest absolute Gasteiger partial charge is 0.253 e. The number of carbonyl (C=O) groups is 2. The van der Waals surface area contributed by atoms with Gasteiger partial charge in [-0.2, -0.15) is 0 Å². The topological polar surface area (TPSA) is 40.6 Å². The number of rotatable bonds is 3. The first-order valence-electron chi connectivity index (χ1n) is 9.23. The van der Waals surface area contributed by atoms with Crippen LogP contribution in [-0.2, 0) is 11.2 Å². The van der Waals surface area contributed by atoms with E-state index in [1.807, 2.05) is 72.2 Å². The van der Waals surface area contributed by atoms with Crippen LogP contribution in [-0.4, -0.2) is 47.8 Å². The molecule has 3 rings (SSSR count). The average Bonchev–Trinajstić information content (AvgIpc) is 2.90. The Bertz CT molecular complexity index is 786. The van der Waals surface area contributed by atoms with Gasteiger partial charge in [0.1, 0.15) is 0 Å². The molecule has 0 spiro atoms. The van der Waals surface area contributed by atoms with Crippen LogP contribution in [0.15, 0.2) is 48.5 Å². The summed E-state index contributed by atoms with van der Waals surface area (Å²) >= 11 is 0. The maximum atomic E-state index is 12.8. The van der Waals surface area contributed by atoms with Crippen molar-refractivity contribution in [3.63, 3.8) is 0 Å². The number of nitrogens with zero attached hydrogens (tertiary/aromatic N) is 2. The number of hydrogen-bond acceptors (Lipinski definition) is 2. The van der Waals surface area contributed by atoms with E-state index < -0.39 is 0 Å². The second-order valence-corrected chi connectivity index (χ2v) is 6.99. The molecule has 2 amide bonds. The van der Waals surface area contributed by atoms with Crippen LogP contribution in [0.3, 0.4) is 0 Å². The normalized spacial score (nSPS) is 14.8. The molecule has 0 radical (unpaired) electrons. The number of amides is 2. The van der Waals surface area contributed by atoms with Gasteiger partial charge in [-0.05, 0) is 49.1 Å². The quantitative estimate of drug-likeness (QED) is 0.853. The summed E-state index contributed by atoms with van der Waals surface area (Å²) in [4.78, 5) is 29.1. The van der Waals surface area contributed by atoms with Crippen molar-refractivity contribution in [2.75, 3.05) is 26.2 Å². The third-order valence-corrected chi connectivity index (χ3v) is 5.09. The van der Waals surface area contributed by atoms with E-state index in [2.05, 4.69) is 0 Å². The minimum Gasteiger partial charge on any atom is -0.341 e. The minimum absolute atomic E-state index is 0.0606. The second-order valence-electron chi connectivity index (χ2n) is 6.99. The summed E-state index contributed by atoms with van der Waals surface area (Å²) in [6.45, 7) is 6.67. The zero-order valence-electron chi connectivity index (χ0n) is 15.6. The summed E-state index contributed by atoms with van der Waals surface area (Å²) in [5.41, 5.74) is 4.09. The molecule has 4 heteroatoms. The summed E-state index contributed by atoms with van der Waals surface area (Å²) in [6, 6.07) is 15.7. The average molecular weight is 350 g/mol. The Morgan fingerprint density at radius 3 is 2.27 bits per heavy atom. The molecule has 0 bridgehead atoms. The molecule has 136 valence electrons. The van der Waals surface area contributed by atoms with Gasteiger partial charge >= 0.3 is 0 Å². The first-order chi connectivity index (χ1) is 12.5. The number of aryl methyl sites for hydroxylation is 2. The van der Waals surface area contributed by atoms with E-state index in [1.165, 1.54) is 5.56 Å². The molecule has 26 heavy (non-hydrogen) atoms. The van der Waals surface area contributed by atoms with Gasteiger partial charge in [-0.15, -0.1) is 0 Å². The van der Waals surface area contributed by atoms with Crippen LogP contribution in [0.1, 0.15) is 33.5 Å². The number of hydrogen-bond donors (Lipinski definition) is 0. The predicted octanol–water partition coefficient (Wildman–Crippen LogP) is 3.22. The lowest BCUT2D eigenvalue weighted by atomic mass is 10.1. The van der Waals surface area contributed by atoms with E-state index >= 15 is 0 Å². The van der Waals surface area contributed by atoms with Crippen molar-refractivity contribution in [1.82, 2.24) is 9.80 Å². The molecule has 1 aliphatic rings. The first-order valence-corrected chi connectivity index (χ1v) is 9.23. The summed E-state index contributed by atoms with van der Waals surface area (Å²) in [5, 5.41) is 0. The van der Waals surface area contributed by atoms with Gasteiger partial charge in [0.05, 0.1) is 6.42 Å². The molecular formula is C22H26N2O2. The Balaban J connectivity index is 1.61. The van der Waals surface area contributed by atoms with Crippen molar-refractivity contribution in [2.45, 2.75) is 26.7 Å².